The number of nitrogens with one attached hydrogen (secondary N) is 1. The summed E-state index contributed by atoms with van der Waals surface area (Å²) in [6.45, 7) is 2.96. The van der Waals surface area contributed by atoms with Crippen LogP contribution in [0.15, 0.2) is 36.7 Å². The van der Waals surface area contributed by atoms with Crippen molar-refractivity contribution in [1.29, 1.82) is 0 Å². The van der Waals surface area contributed by atoms with Crippen molar-refractivity contribution >= 4 is 17.4 Å². The van der Waals surface area contributed by atoms with Gasteiger partial charge in [-0.15, -0.1) is 0 Å². The third kappa shape index (κ3) is 3.93. The second kappa shape index (κ2) is 7.10. The van der Waals surface area contributed by atoms with Gasteiger partial charge in [0.1, 0.15) is 17.3 Å². The first-order chi connectivity index (χ1) is 9.31. The van der Waals surface area contributed by atoms with E-state index in [1.54, 1.807) is 0 Å². The molecule has 0 aliphatic carbocycles. The SMILES string of the molecule is CCCc1c(Cl)ncnc1NCCc1ccccc1. The highest BCUT2D eigenvalue weighted by Gasteiger charge is 2.08. The lowest BCUT2D eigenvalue weighted by atomic mass is 10.1. The van der Waals surface area contributed by atoms with E-state index in [1.807, 2.05) is 6.07 Å². The van der Waals surface area contributed by atoms with E-state index in [1.165, 1.54) is 11.9 Å². The Morgan fingerprint density at radius 1 is 1.11 bits per heavy atom. The third-order valence-corrected chi connectivity index (χ3v) is 3.27. The number of aromatic nitrogens is 2. The fraction of sp³-hybridized carbons (Fsp3) is 0.333. The quantitative estimate of drug-likeness (QED) is 0.816. The molecule has 1 aromatic heterocycles. The van der Waals surface area contributed by atoms with Crippen molar-refractivity contribution in [3.63, 3.8) is 0 Å². The molecule has 2 rings (SSSR count). The minimum Gasteiger partial charge on any atom is -0.369 e. The molecule has 19 heavy (non-hydrogen) atoms. The summed E-state index contributed by atoms with van der Waals surface area (Å²) in [6, 6.07) is 10.4. The van der Waals surface area contributed by atoms with Crippen LogP contribution in [-0.2, 0) is 12.8 Å². The van der Waals surface area contributed by atoms with Crippen LogP contribution in [-0.4, -0.2) is 16.5 Å². The summed E-state index contributed by atoms with van der Waals surface area (Å²) in [6.07, 6.45) is 4.40. The van der Waals surface area contributed by atoms with Crippen molar-refractivity contribution in [2.45, 2.75) is 26.2 Å². The lowest BCUT2D eigenvalue weighted by molar-refractivity contribution is 0.893. The van der Waals surface area contributed by atoms with Gasteiger partial charge in [-0.25, -0.2) is 9.97 Å². The number of nitrogens with zero attached hydrogens (tertiary/aromatic N) is 2. The van der Waals surface area contributed by atoms with Gasteiger partial charge in [0.25, 0.3) is 0 Å². The van der Waals surface area contributed by atoms with E-state index in [4.69, 9.17) is 11.6 Å². The van der Waals surface area contributed by atoms with Crippen LogP contribution in [0.1, 0.15) is 24.5 Å². The van der Waals surface area contributed by atoms with Crippen molar-refractivity contribution in [2.24, 2.45) is 0 Å². The summed E-state index contributed by atoms with van der Waals surface area (Å²) in [7, 11) is 0. The molecule has 1 aromatic carbocycles. The highest BCUT2D eigenvalue weighted by atomic mass is 35.5. The summed E-state index contributed by atoms with van der Waals surface area (Å²) in [4.78, 5) is 8.32. The normalized spacial score (nSPS) is 10.4. The van der Waals surface area contributed by atoms with Gasteiger partial charge in [-0.3, -0.25) is 0 Å². The first-order valence-corrected chi connectivity index (χ1v) is 6.96. The highest BCUT2D eigenvalue weighted by molar-refractivity contribution is 6.30. The number of hydrogen-bond donors (Lipinski definition) is 1. The predicted octanol–water partition coefficient (Wildman–Crippen LogP) is 3.74. The average molecular weight is 276 g/mol. The lowest BCUT2D eigenvalue weighted by Gasteiger charge is -2.11. The Hall–Kier alpha value is -1.61. The maximum absolute atomic E-state index is 6.11. The minimum atomic E-state index is 0.555. The van der Waals surface area contributed by atoms with E-state index in [9.17, 15) is 0 Å². The molecule has 0 saturated carbocycles. The number of hydrogen-bond acceptors (Lipinski definition) is 3. The topological polar surface area (TPSA) is 37.8 Å². The minimum absolute atomic E-state index is 0.555. The first-order valence-electron chi connectivity index (χ1n) is 6.58. The molecule has 0 aliphatic rings. The molecule has 0 spiro atoms. The number of halogens is 1. The monoisotopic (exact) mass is 275 g/mol. The molecular formula is C15H18ClN3. The molecule has 0 radical (unpaired) electrons. The molecule has 0 unspecified atom stereocenters. The maximum atomic E-state index is 6.11. The van der Waals surface area contributed by atoms with Gasteiger partial charge in [-0.1, -0.05) is 55.3 Å². The Kier molecular flexibility index (Phi) is 5.16. The van der Waals surface area contributed by atoms with Crippen molar-refractivity contribution in [3.05, 3.63) is 52.9 Å². The molecule has 0 atom stereocenters. The van der Waals surface area contributed by atoms with Crippen molar-refractivity contribution < 1.29 is 0 Å². The Balaban J connectivity index is 1.97. The van der Waals surface area contributed by atoms with Crippen molar-refractivity contribution in [2.75, 3.05) is 11.9 Å². The number of benzene rings is 1. The molecule has 0 amide bonds. The summed E-state index contributed by atoms with van der Waals surface area (Å²) < 4.78 is 0. The predicted molar refractivity (Wildman–Crippen MR) is 79.7 cm³/mol. The van der Waals surface area contributed by atoms with E-state index in [0.717, 1.165) is 37.2 Å². The fourth-order valence-corrected chi connectivity index (χ4v) is 2.21. The van der Waals surface area contributed by atoms with E-state index in [0.29, 0.717) is 5.15 Å². The molecular weight excluding hydrogens is 258 g/mol. The zero-order valence-corrected chi connectivity index (χ0v) is 11.8. The summed E-state index contributed by atoms with van der Waals surface area (Å²) in [5, 5.41) is 3.91. The molecule has 0 aliphatic heterocycles. The zero-order chi connectivity index (χ0) is 13.5. The molecule has 0 saturated heterocycles. The highest BCUT2D eigenvalue weighted by Crippen LogP contribution is 2.21. The Morgan fingerprint density at radius 3 is 2.63 bits per heavy atom. The van der Waals surface area contributed by atoms with Crippen molar-refractivity contribution in [1.82, 2.24) is 9.97 Å². The maximum Gasteiger partial charge on any atom is 0.137 e. The van der Waals surface area contributed by atoms with E-state index < -0.39 is 0 Å². The lowest BCUT2D eigenvalue weighted by Crippen LogP contribution is -2.09. The van der Waals surface area contributed by atoms with Gasteiger partial charge in [0.2, 0.25) is 0 Å². The van der Waals surface area contributed by atoms with Gasteiger partial charge < -0.3 is 5.32 Å². The van der Waals surface area contributed by atoms with Gasteiger partial charge in [0, 0.05) is 12.1 Å². The smallest absolute Gasteiger partial charge is 0.137 e. The van der Waals surface area contributed by atoms with Crippen LogP contribution in [0.3, 0.4) is 0 Å². The standard InChI is InChI=1S/C15H18ClN3/c1-2-6-13-14(16)18-11-19-15(13)17-10-9-12-7-4-3-5-8-12/h3-5,7-8,11H,2,6,9-10H2,1H3,(H,17,18,19). The average Bonchev–Trinajstić information content (AvgIpc) is 2.44. The Morgan fingerprint density at radius 2 is 1.89 bits per heavy atom. The molecule has 4 heteroatoms. The van der Waals surface area contributed by atoms with Crippen LogP contribution in [0, 0.1) is 0 Å². The van der Waals surface area contributed by atoms with Crippen molar-refractivity contribution in [3.8, 4) is 0 Å². The van der Waals surface area contributed by atoms with Crippen LogP contribution in [0.2, 0.25) is 5.15 Å². The second-order valence-corrected chi connectivity index (χ2v) is 4.76. The zero-order valence-electron chi connectivity index (χ0n) is 11.1. The molecule has 0 bridgehead atoms. The summed E-state index contributed by atoms with van der Waals surface area (Å²) in [5.41, 5.74) is 2.33. The van der Waals surface area contributed by atoms with Gasteiger partial charge in [-0.2, -0.15) is 0 Å². The van der Waals surface area contributed by atoms with Gasteiger partial charge in [0.05, 0.1) is 0 Å². The first kappa shape index (κ1) is 13.8. The Bertz CT molecular complexity index is 514. The molecule has 1 N–H and O–H groups in total. The van der Waals surface area contributed by atoms with Crippen LogP contribution < -0.4 is 5.32 Å². The summed E-state index contributed by atoms with van der Waals surface area (Å²) >= 11 is 6.11. The third-order valence-electron chi connectivity index (χ3n) is 2.94. The molecule has 1 heterocycles. The second-order valence-electron chi connectivity index (χ2n) is 4.40. The van der Waals surface area contributed by atoms with Gasteiger partial charge >= 0.3 is 0 Å². The molecule has 2 aromatic rings. The van der Waals surface area contributed by atoms with Crippen LogP contribution in [0.4, 0.5) is 5.82 Å². The van der Waals surface area contributed by atoms with Crippen LogP contribution in [0.5, 0.6) is 0 Å². The Labute approximate surface area is 119 Å². The van der Waals surface area contributed by atoms with E-state index >= 15 is 0 Å². The van der Waals surface area contributed by atoms with Crippen LogP contribution >= 0.6 is 11.6 Å². The van der Waals surface area contributed by atoms with E-state index in [-0.39, 0.29) is 0 Å². The van der Waals surface area contributed by atoms with Crippen LogP contribution in [0.25, 0.3) is 0 Å². The van der Waals surface area contributed by atoms with Gasteiger partial charge in [0.15, 0.2) is 0 Å². The molecule has 3 nitrogen and oxygen atoms in total. The van der Waals surface area contributed by atoms with E-state index in [2.05, 4.69) is 46.5 Å². The van der Waals surface area contributed by atoms with Gasteiger partial charge in [-0.05, 0) is 18.4 Å². The number of anilines is 1. The number of rotatable bonds is 6. The molecule has 0 fully saturated rings. The fourth-order valence-electron chi connectivity index (χ4n) is 1.98. The molecule has 100 valence electrons. The largest absolute Gasteiger partial charge is 0.369 e. The summed E-state index contributed by atoms with van der Waals surface area (Å²) in [5.74, 6) is 0.859.